The number of fused-ring (bicyclic) bond motifs is 1. The van der Waals surface area contributed by atoms with Crippen LogP contribution >= 0.6 is 27.3 Å². The molecular weight excluding hydrogens is 488 g/mol. The molecule has 0 spiro atoms. The number of rotatable bonds is 6. The first-order chi connectivity index (χ1) is 14.9. The molecule has 0 atom stereocenters. The number of nitro groups is 1. The van der Waals surface area contributed by atoms with Crippen LogP contribution in [0.5, 0.6) is 5.75 Å². The number of halogens is 1. The third-order valence-corrected chi connectivity index (χ3v) is 5.66. The van der Waals surface area contributed by atoms with Gasteiger partial charge in [-0.3, -0.25) is 14.9 Å². The van der Waals surface area contributed by atoms with Gasteiger partial charge in [0.05, 0.1) is 29.6 Å². The van der Waals surface area contributed by atoms with Crippen molar-refractivity contribution >= 4 is 60.6 Å². The van der Waals surface area contributed by atoms with Crippen molar-refractivity contribution in [2.45, 2.75) is 0 Å². The minimum absolute atomic E-state index is 0.225. The van der Waals surface area contributed by atoms with Crippen molar-refractivity contribution in [3.05, 3.63) is 80.5 Å². The number of aromatic nitrogens is 1. The Bertz CT molecular complexity index is 1300. The fourth-order valence-corrected chi connectivity index (χ4v) is 3.83. The van der Waals surface area contributed by atoms with Crippen molar-refractivity contribution in [2.24, 2.45) is 5.10 Å². The molecule has 4 rings (SSSR count). The van der Waals surface area contributed by atoms with E-state index in [1.807, 2.05) is 24.3 Å². The maximum Gasteiger partial charge on any atom is 0.433 e. The van der Waals surface area contributed by atoms with Gasteiger partial charge in [0, 0.05) is 4.47 Å². The fourth-order valence-electron chi connectivity index (χ4n) is 2.62. The van der Waals surface area contributed by atoms with Gasteiger partial charge in [0.15, 0.2) is 0 Å². The number of hydrogen-bond donors (Lipinski definition) is 0. The van der Waals surface area contributed by atoms with Crippen LogP contribution in [-0.2, 0) is 0 Å². The summed E-state index contributed by atoms with van der Waals surface area (Å²) < 4.78 is 12.0. The van der Waals surface area contributed by atoms with Crippen LogP contribution in [0.3, 0.4) is 0 Å². The molecule has 0 saturated heterocycles. The van der Waals surface area contributed by atoms with Crippen LogP contribution in [0.2, 0.25) is 0 Å². The predicted octanol–water partition coefficient (Wildman–Crippen LogP) is 5.25. The Morgan fingerprint density at radius 3 is 2.71 bits per heavy atom. The molecule has 31 heavy (non-hydrogen) atoms. The van der Waals surface area contributed by atoms with E-state index >= 15 is 0 Å². The van der Waals surface area contributed by atoms with E-state index in [9.17, 15) is 14.9 Å². The molecule has 9 nitrogen and oxygen atoms in total. The van der Waals surface area contributed by atoms with E-state index in [-0.39, 0.29) is 10.9 Å². The van der Waals surface area contributed by atoms with Crippen LogP contribution in [0.15, 0.2) is 68.6 Å². The zero-order valence-electron chi connectivity index (χ0n) is 15.9. The summed E-state index contributed by atoms with van der Waals surface area (Å²) in [5.41, 5.74) is 1.40. The second-order valence-corrected chi connectivity index (χ2v) is 8.06. The molecule has 0 saturated carbocycles. The topological polar surface area (TPSA) is 111 Å². The molecule has 0 N–H and O–H groups in total. The van der Waals surface area contributed by atoms with Gasteiger partial charge in [0.25, 0.3) is 0 Å². The van der Waals surface area contributed by atoms with Gasteiger partial charge < -0.3 is 9.15 Å². The van der Waals surface area contributed by atoms with Crippen molar-refractivity contribution in [1.29, 1.82) is 0 Å². The summed E-state index contributed by atoms with van der Waals surface area (Å²) in [6.45, 7) is 0. The zero-order chi connectivity index (χ0) is 22.0. The Morgan fingerprint density at radius 2 is 2.03 bits per heavy atom. The zero-order valence-corrected chi connectivity index (χ0v) is 18.3. The van der Waals surface area contributed by atoms with Crippen molar-refractivity contribution in [1.82, 2.24) is 4.98 Å². The first kappa shape index (κ1) is 20.7. The van der Waals surface area contributed by atoms with E-state index in [0.717, 1.165) is 25.8 Å². The third kappa shape index (κ3) is 4.47. The number of thiazole rings is 1. The molecule has 1 amide bonds. The lowest BCUT2D eigenvalue weighted by molar-refractivity contribution is -0.402. The van der Waals surface area contributed by atoms with Crippen LogP contribution in [0, 0.1) is 10.1 Å². The van der Waals surface area contributed by atoms with Crippen molar-refractivity contribution in [3.8, 4) is 5.75 Å². The molecule has 0 aliphatic carbocycles. The number of nitrogens with zero attached hydrogens (tertiary/aromatic N) is 4. The molecule has 2 aromatic carbocycles. The van der Waals surface area contributed by atoms with Crippen molar-refractivity contribution in [2.75, 3.05) is 12.1 Å². The lowest BCUT2D eigenvalue weighted by Crippen LogP contribution is -2.25. The number of hydrazone groups is 1. The van der Waals surface area contributed by atoms with E-state index in [4.69, 9.17) is 9.15 Å². The van der Waals surface area contributed by atoms with E-state index < -0.39 is 16.7 Å². The van der Waals surface area contributed by atoms with Gasteiger partial charge in [0.1, 0.15) is 10.7 Å². The highest BCUT2D eigenvalue weighted by Crippen LogP contribution is 2.33. The predicted molar refractivity (Wildman–Crippen MR) is 120 cm³/mol. The number of carbonyl (C=O) groups excluding carboxylic acids is 1. The summed E-state index contributed by atoms with van der Waals surface area (Å²) in [5.74, 6) is -0.793. The number of benzene rings is 2. The minimum Gasteiger partial charge on any atom is -0.497 e. The van der Waals surface area contributed by atoms with Gasteiger partial charge in [-0.15, -0.1) is 0 Å². The number of amides is 1. The standard InChI is InChI=1S/C20H13BrN4O5S/c1-29-14-6-7-15-17(10-14)31-20(23-15)24(22-11-12-2-4-13(21)5-3-12)19(26)16-8-9-18(30-16)25(27)28/h2-11H,1H3/b22-11+. The Morgan fingerprint density at radius 1 is 1.26 bits per heavy atom. The van der Waals surface area contributed by atoms with E-state index in [0.29, 0.717) is 11.3 Å². The second-order valence-electron chi connectivity index (χ2n) is 6.14. The molecular formula is C20H13BrN4O5S. The van der Waals surface area contributed by atoms with Crippen LogP contribution in [0.25, 0.3) is 10.2 Å². The highest BCUT2D eigenvalue weighted by atomic mass is 79.9. The Hall–Kier alpha value is -3.57. The largest absolute Gasteiger partial charge is 0.497 e. The molecule has 2 heterocycles. The number of carbonyl (C=O) groups is 1. The number of furan rings is 1. The maximum absolute atomic E-state index is 13.1. The normalized spacial score (nSPS) is 11.2. The molecule has 11 heteroatoms. The van der Waals surface area contributed by atoms with E-state index in [2.05, 4.69) is 26.0 Å². The van der Waals surface area contributed by atoms with Gasteiger partial charge >= 0.3 is 11.8 Å². The lowest BCUT2D eigenvalue weighted by Gasteiger charge is -2.11. The average molecular weight is 501 g/mol. The van der Waals surface area contributed by atoms with Crippen LogP contribution in [0.4, 0.5) is 11.0 Å². The Kier molecular flexibility index (Phi) is 5.78. The van der Waals surface area contributed by atoms with Crippen LogP contribution < -0.4 is 9.75 Å². The van der Waals surface area contributed by atoms with Crippen LogP contribution in [-0.4, -0.2) is 29.1 Å². The van der Waals surface area contributed by atoms with Gasteiger partial charge in [-0.05, 0) is 42.0 Å². The molecule has 4 aromatic rings. The molecule has 0 radical (unpaired) electrons. The minimum atomic E-state index is -0.712. The molecule has 2 aromatic heterocycles. The summed E-state index contributed by atoms with van der Waals surface area (Å²) in [6.07, 6.45) is 1.49. The highest BCUT2D eigenvalue weighted by Gasteiger charge is 2.26. The summed E-state index contributed by atoms with van der Waals surface area (Å²) >= 11 is 4.59. The first-order valence-electron chi connectivity index (χ1n) is 8.77. The maximum atomic E-state index is 13.1. The lowest BCUT2D eigenvalue weighted by atomic mass is 10.2. The molecule has 0 aliphatic heterocycles. The number of hydrogen-bond acceptors (Lipinski definition) is 8. The van der Waals surface area contributed by atoms with Gasteiger partial charge in [0.2, 0.25) is 10.9 Å². The van der Waals surface area contributed by atoms with Crippen molar-refractivity contribution in [3.63, 3.8) is 0 Å². The average Bonchev–Trinajstić information content (AvgIpc) is 3.42. The molecule has 0 bridgehead atoms. The molecule has 156 valence electrons. The third-order valence-electron chi connectivity index (χ3n) is 4.13. The summed E-state index contributed by atoms with van der Waals surface area (Å²) in [4.78, 5) is 27.8. The molecule has 0 aliphatic rings. The van der Waals surface area contributed by atoms with Crippen molar-refractivity contribution < 1.29 is 18.9 Å². The smallest absolute Gasteiger partial charge is 0.433 e. The summed E-state index contributed by atoms with van der Waals surface area (Å²) in [6, 6.07) is 15.0. The Balaban J connectivity index is 1.75. The molecule has 0 unspecified atom stereocenters. The van der Waals surface area contributed by atoms with Gasteiger partial charge in [-0.2, -0.15) is 10.1 Å². The van der Waals surface area contributed by atoms with E-state index in [1.165, 1.54) is 23.6 Å². The molecule has 0 fully saturated rings. The number of anilines is 1. The summed E-state index contributed by atoms with van der Waals surface area (Å²) in [5, 5.41) is 16.6. The van der Waals surface area contributed by atoms with Gasteiger partial charge in [-0.1, -0.05) is 39.4 Å². The first-order valence-corrected chi connectivity index (χ1v) is 10.4. The highest BCUT2D eigenvalue weighted by molar-refractivity contribution is 9.10. The fraction of sp³-hybridized carbons (Fsp3) is 0.0500. The SMILES string of the molecule is COc1ccc2nc(N(/N=C/c3ccc(Br)cc3)C(=O)c3ccc([N+](=O)[O-])o3)sc2c1. The number of methoxy groups -OCH3 is 1. The monoisotopic (exact) mass is 500 g/mol. The Labute approximate surface area is 187 Å². The van der Waals surface area contributed by atoms with Gasteiger partial charge in [-0.25, -0.2) is 4.98 Å². The van der Waals surface area contributed by atoms with E-state index in [1.54, 1.807) is 25.3 Å². The quantitative estimate of drug-likeness (QED) is 0.203. The summed E-state index contributed by atoms with van der Waals surface area (Å²) in [7, 11) is 1.56. The second kappa shape index (κ2) is 8.66. The van der Waals surface area contributed by atoms with Crippen LogP contribution in [0.1, 0.15) is 16.1 Å². The number of ether oxygens (including phenoxy) is 1.